The van der Waals surface area contributed by atoms with Gasteiger partial charge in [-0.3, -0.25) is 14.2 Å². The van der Waals surface area contributed by atoms with E-state index in [0.717, 1.165) is 11.1 Å². The van der Waals surface area contributed by atoms with E-state index in [1.54, 1.807) is 36.6 Å². The summed E-state index contributed by atoms with van der Waals surface area (Å²) in [6.45, 7) is 7.60. The Morgan fingerprint density at radius 3 is 2.39 bits per heavy atom. The fourth-order valence-corrected chi connectivity index (χ4v) is 5.08. The van der Waals surface area contributed by atoms with Crippen molar-refractivity contribution in [2.24, 2.45) is 4.99 Å². The first-order valence-corrected chi connectivity index (χ1v) is 12.4. The number of rotatable bonds is 7. The average molecular weight is 506 g/mol. The van der Waals surface area contributed by atoms with Crippen molar-refractivity contribution in [2.45, 2.75) is 33.7 Å². The highest BCUT2D eigenvalue weighted by atomic mass is 32.1. The Hall–Kier alpha value is -3.98. The predicted molar refractivity (Wildman–Crippen MR) is 139 cm³/mol. The van der Waals surface area contributed by atoms with Crippen molar-refractivity contribution in [1.29, 1.82) is 0 Å². The topological polar surface area (TPSA) is 99.0 Å². The normalized spacial score (nSPS) is 15.2. The number of nitrogens with zero attached hydrogens (tertiary/aromatic N) is 2. The molecule has 0 fully saturated rings. The number of thiazole rings is 1. The van der Waals surface area contributed by atoms with Gasteiger partial charge in [0.15, 0.2) is 4.80 Å². The second kappa shape index (κ2) is 10.7. The lowest BCUT2D eigenvalue weighted by molar-refractivity contribution is -0.139. The molecule has 186 valence electrons. The van der Waals surface area contributed by atoms with Gasteiger partial charge in [-0.05, 0) is 62.2 Å². The van der Waals surface area contributed by atoms with Crippen LogP contribution < -0.4 is 24.9 Å². The van der Waals surface area contributed by atoms with Crippen molar-refractivity contribution in [1.82, 2.24) is 4.57 Å². The first-order chi connectivity index (χ1) is 17.3. The number of aromatic nitrogens is 1. The van der Waals surface area contributed by atoms with Gasteiger partial charge in [-0.15, -0.1) is 0 Å². The van der Waals surface area contributed by atoms with Gasteiger partial charge in [0.05, 0.1) is 35.1 Å². The van der Waals surface area contributed by atoms with E-state index in [1.807, 2.05) is 43.3 Å². The smallest absolute Gasteiger partial charge is 0.338 e. The molecule has 0 radical (unpaired) electrons. The van der Waals surface area contributed by atoms with Crippen LogP contribution in [0.4, 0.5) is 5.69 Å². The fourth-order valence-electron chi connectivity index (χ4n) is 4.04. The molecule has 1 aliphatic heterocycles. The molecule has 1 aliphatic rings. The van der Waals surface area contributed by atoms with Crippen LogP contribution in [-0.2, 0) is 14.3 Å². The lowest BCUT2D eigenvalue weighted by Crippen LogP contribution is -2.39. The third-order valence-electron chi connectivity index (χ3n) is 5.55. The van der Waals surface area contributed by atoms with Gasteiger partial charge in [-0.2, -0.15) is 0 Å². The van der Waals surface area contributed by atoms with Gasteiger partial charge in [0.25, 0.3) is 5.56 Å². The van der Waals surface area contributed by atoms with Crippen molar-refractivity contribution in [3.63, 3.8) is 0 Å². The molecule has 0 saturated carbocycles. The number of carbonyl (C=O) groups is 2. The van der Waals surface area contributed by atoms with E-state index >= 15 is 0 Å². The molecule has 36 heavy (non-hydrogen) atoms. The minimum atomic E-state index is -0.680. The molecule has 9 heteroatoms. The van der Waals surface area contributed by atoms with Gasteiger partial charge in [-0.25, -0.2) is 9.79 Å². The van der Waals surface area contributed by atoms with Gasteiger partial charge in [0.1, 0.15) is 5.75 Å². The van der Waals surface area contributed by atoms with Crippen LogP contribution in [0.25, 0.3) is 6.08 Å². The highest BCUT2D eigenvalue weighted by Gasteiger charge is 2.33. The Kier molecular flexibility index (Phi) is 7.49. The molecule has 4 rings (SSSR count). The number of amides is 1. The molecule has 2 heterocycles. The van der Waals surface area contributed by atoms with Gasteiger partial charge in [0, 0.05) is 12.6 Å². The van der Waals surface area contributed by atoms with Gasteiger partial charge >= 0.3 is 5.97 Å². The third-order valence-corrected chi connectivity index (χ3v) is 6.54. The van der Waals surface area contributed by atoms with Gasteiger partial charge < -0.3 is 14.8 Å². The molecular weight excluding hydrogens is 478 g/mol. The number of nitrogens with one attached hydrogen (secondary N) is 1. The molecule has 0 aliphatic carbocycles. The number of hydrogen-bond acceptors (Lipinski definition) is 7. The molecule has 8 nitrogen and oxygen atoms in total. The van der Waals surface area contributed by atoms with E-state index in [1.165, 1.54) is 18.3 Å². The zero-order valence-electron chi connectivity index (χ0n) is 20.5. The van der Waals surface area contributed by atoms with Crippen molar-refractivity contribution >= 4 is 35.0 Å². The number of carbonyl (C=O) groups excluding carboxylic acids is 2. The molecule has 0 saturated heterocycles. The molecule has 1 N–H and O–H groups in total. The third kappa shape index (κ3) is 5.16. The summed E-state index contributed by atoms with van der Waals surface area (Å²) in [5.74, 6) is 0.0494. The fraction of sp³-hybridized carbons (Fsp3) is 0.259. The number of fused-ring (bicyclic) bond motifs is 1. The summed E-state index contributed by atoms with van der Waals surface area (Å²) in [5.41, 5.74) is 2.82. The number of anilines is 1. The summed E-state index contributed by atoms with van der Waals surface area (Å²) >= 11 is 1.26. The molecule has 1 aromatic heterocycles. The second-order valence-electron chi connectivity index (χ2n) is 8.11. The summed E-state index contributed by atoms with van der Waals surface area (Å²) in [6, 6.07) is 13.9. The summed E-state index contributed by atoms with van der Waals surface area (Å²) in [6.07, 6.45) is 1.78. The maximum absolute atomic E-state index is 13.6. The quantitative estimate of drug-likeness (QED) is 0.498. The molecule has 1 atom stereocenters. The van der Waals surface area contributed by atoms with E-state index in [9.17, 15) is 14.4 Å². The minimum absolute atomic E-state index is 0.155. The number of ether oxygens (including phenoxy) is 2. The number of benzene rings is 2. The number of allylic oxidation sites excluding steroid dienone is 1. The summed E-state index contributed by atoms with van der Waals surface area (Å²) in [5, 5.41) is 2.72. The molecule has 1 amide bonds. The second-order valence-corrected chi connectivity index (χ2v) is 9.12. The maximum atomic E-state index is 13.6. The first-order valence-electron chi connectivity index (χ1n) is 11.6. The lowest BCUT2D eigenvalue weighted by Gasteiger charge is -2.24. The van der Waals surface area contributed by atoms with Crippen molar-refractivity contribution in [3.8, 4) is 5.75 Å². The Morgan fingerprint density at radius 1 is 1.08 bits per heavy atom. The van der Waals surface area contributed by atoms with E-state index in [2.05, 4.69) is 10.3 Å². The van der Waals surface area contributed by atoms with Crippen molar-refractivity contribution < 1.29 is 19.1 Å². The first kappa shape index (κ1) is 25.1. The number of esters is 1. The zero-order chi connectivity index (χ0) is 25.8. The van der Waals surface area contributed by atoms with Crippen molar-refractivity contribution in [2.75, 3.05) is 18.5 Å². The molecule has 0 bridgehead atoms. The maximum Gasteiger partial charge on any atom is 0.338 e. The summed E-state index contributed by atoms with van der Waals surface area (Å²) in [4.78, 5) is 43.0. The highest BCUT2D eigenvalue weighted by molar-refractivity contribution is 7.07. The van der Waals surface area contributed by atoms with Crippen LogP contribution in [0.1, 0.15) is 44.9 Å². The minimum Gasteiger partial charge on any atom is -0.494 e. The van der Waals surface area contributed by atoms with E-state index in [-0.39, 0.29) is 18.1 Å². The van der Waals surface area contributed by atoms with Crippen LogP contribution in [0, 0.1) is 0 Å². The largest absolute Gasteiger partial charge is 0.494 e. The predicted octanol–water partition coefficient (Wildman–Crippen LogP) is 3.16. The molecule has 0 spiro atoms. The Morgan fingerprint density at radius 2 is 1.78 bits per heavy atom. The standard InChI is InChI=1S/C27H27N3O5S/c1-5-34-21-13-9-19(10-14-21)24-23(26(33)35-6-2)16(3)28-27-30(24)25(32)22(36-27)15-18-7-11-20(12-8-18)29-17(4)31/h7-15,24H,5-6H2,1-4H3,(H,29,31)/b22-15+/t24-/m1/s1. The molecule has 2 aromatic carbocycles. The average Bonchev–Trinajstić information content (AvgIpc) is 3.14. The summed E-state index contributed by atoms with van der Waals surface area (Å²) < 4.78 is 12.9. The lowest BCUT2D eigenvalue weighted by atomic mass is 9.96. The Balaban J connectivity index is 1.84. The highest BCUT2D eigenvalue weighted by Crippen LogP contribution is 2.31. The van der Waals surface area contributed by atoms with Crippen LogP contribution in [0.2, 0.25) is 0 Å². The van der Waals surface area contributed by atoms with E-state index in [0.29, 0.717) is 38.6 Å². The Bertz CT molecular complexity index is 1500. The van der Waals surface area contributed by atoms with Crippen LogP contribution in [-0.4, -0.2) is 29.7 Å². The van der Waals surface area contributed by atoms with Crippen LogP contribution in [0.5, 0.6) is 5.75 Å². The van der Waals surface area contributed by atoms with Crippen molar-refractivity contribution in [3.05, 3.63) is 90.6 Å². The molecule has 0 unspecified atom stereocenters. The molecule has 3 aromatic rings. The summed E-state index contributed by atoms with van der Waals surface area (Å²) in [7, 11) is 0. The van der Waals surface area contributed by atoms with E-state index in [4.69, 9.17) is 9.47 Å². The van der Waals surface area contributed by atoms with Crippen LogP contribution in [0.3, 0.4) is 0 Å². The zero-order valence-corrected chi connectivity index (χ0v) is 21.3. The molecular formula is C27H27N3O5S. The van der Waals surface area contributed by atoms with E-state index < -0.39 is 12.0 Å². The Labute approximate surface area is 212 Å². The van der Waals surface area contributed by atoms with Gasteiger partial charge in [-0.1, -0.05) is 35.6 Å². The SMILES string of the molecule is CCOC(=O)C1=C(C)N=c2s/c(=C/c3ccc(NC(C)=O)cc3)c(=O)n2[C@@H]1c1ccc(OCC)cc1. The number of hydrogen-bond donors (Lipinski definition) is 1. The van der Waals surface area contributed by atoms with Crippen LogP contribution >= 0.6 is 11.3 Å². The van der Waals surface area contributed by atoms with Gasteiger partial charge in [0.2, 0.25) is 5.91 Å². The monoisotopic (exact) mass is 505 g/mol. The van der Waals surface area contributed by atoms with Crippen LogP contribution in [0.15, 0.2) is 69.6 Å².